The molecule has 90 valence electrons. The summed E-state index contributed by atoms with van der Waals surface area (Å²) in [6.07, 6.45) is 0. The Morgan fingerprint density at radius 2 is 2.12 bits per heavy atom. The van der Waals surface area contributed by atoms with Crippen molar-refractivity contribution in [1.82, 2.24) is 5.32 Å². The van der Waals surface area contributed by atoms with Crippen molar-refractivity contribution in [2.45, 2.75) is 26.8 Å². The lowest BCUT2D eigenvalue weighted by Gasteiger charge is -2.14. The molecule has 0 bridgehead atoms. The summed E-state index contributed by atoms with van der Waals surface area (Å²) in [6.45, 7) is 10.0. The van der Waals surface area contributed by atoms with Crippen molar-refractivity contribution in [3.05, 3.63) is 42.4 Å². The normalized spacial score (nSPS) is 10.8. The van der Waals surface area contributed by atoms with Crippen molar-refractivity contribution in [3.8, 4) is 0 Å². The number of para-hydroxylation sites is 1. The number of fused-ring (bicyclic) bond motifs is 1. The molecule has 2 aromatic rings. The quantitative estimate of drug-likeness (QED) is 0.842. The van der Waals surface area contributed by atoms with Crippen LogP contribution in [0.15, 0.2) is 41.1 Å². The molecule has 0 aliphatic carbocycles. The standard InChI is InChI=1S/C14H18N2O/c1-9(2)15-11(4)16-13-7-5-6-12-8-10(3)17-14(12)13/h5-9,15-16H,4H2,1-3H3. The summed E-state index contributed by atoms with van der Waals surface area (Å²) in [4.78, 5) is 0. The van der Waals surface area contributed by atoms with Gasteiger partial charge in [0.1, 0.15) is 5.76 Å². The molecule has 0 fully saturated rings. The average Bonchev–Trinajstić information content (AvgIpc) is 2.58. The fourth-order valence-electron chi connectivity index (χ4n) is 1.84. The first-order chi connectivity index (χ1) is 8.06. The Kier molecular flexibility index (Phi) is 3.09. The SMILES string of the molecule is C=C(Nc1cccc2cc(C)oc12)NC(C)C. The van der Waals surface area contributed by atoms with Gasteiger partial charge in [-0.25, -0.2) is 0 Å². The average molecular weight is 230 g/mol. The van der Waals surface area contributed by atoms with E-state index < -0.39 is 0 Å². The molecule has 0 spiro atoms. The monoisotopic (exact) mass is 230 g/mol. The predicted octanol–water partition coefficient (Wildman–Crippen LogP) is 3.62. The van der Waals surface area contributed by atoms with Crippen molar-refractivity contribution in [1.29, 1.82) is 0 Å². The van der Waals surface area contributed by atoms with Gasteiger partial charge in [0.25, 0.3) is 0 Å². The van der Waals surface area contributed by atoms with Crippen molar-refractivity contribution in [2.75, 3.05) is 5.32 Å². The van der Waals surface area contributed by atoms with Crippen LogP contribution >= 0.6 is 0 Å². The highest BCUT2D eigenvalue weighted by atomic mass is 16.3. The van der Waals surface area contributed by atoms with Gasteiger partial charge in [-0.15, -0.1) is 0 Å². The van der Waals surface area contributed by atoms with Gasteiger partial charge in [-0.05, 0) is 32.9 Å². The molecule has 2 rings (SSSR count). The lowest BCUT2D eigenvalue weighted by molar-refractivity contribution is 0.579. The molecule has 1 heterocycles. The summed E-state index contributed by atoms with van der Waals surface area (Å²) >= 11 is 0. The molecular weight excluding hydrogens is 212 g/mol. The zero-order chi connectivity index (χ0) is 12.4. The molecule has 1 aromatic carbocycles. The van der Waals surface area contributed by atoms with Gasteiger partial charge in [0.2, 0.25) is 0 Å². The molecule has 0 saturated heterocycles. The predicted molar refractivity (Wildman–Crippen MR) is 72.0 cm³/mol. The Hall–Kier alpha value is -1.90. The molecule has 0 unspecified atom stereocenters. The van der Waals surface area contributed by atoms with E-state index >= 15 is 0 Å². The van der Waals surface area contributed by atoms with Crippen molar-refractivity contribution in [3.63, 3.8) is 0 Å². The Balaban J connectivity index is 2.26. The number of benzene rings is 1. The minimum atomic E-state index is 0.354. The van der Waals surface area contributed by atoms with Crippen LogP contribution in [0.5, 0.6) is 0 Å². The molecule has 0 amide bonds. The van der Waals surface area contributed by atoms with E-state index in [1.807, 2.05) is 31.2 Å². The molecule has 0 atom stereocenters. The number of nitrogens with one attached hydrogen (secondary N) is 2. The Morgan fingerprint density at radius 1 is 1.35 bits per heavy atom. The Labute approximate surface area is 102 Å². The van der Waals surface area contributed by atoms with Crippen molar-refractivity contribution < 1.29 is 4.42 Å². The maximum atomic E-state index is 5.67. The largest absolute Gasteiger partial charge is 0.459 e. The van der Waals surface area contributed by atoms with E-state index in [9.17, 15) is 0 Å². The molecule has 3 nitrogen and oxygen atoms in total. The van der Waals surface area contributed by atoms with Crippen LogP contribution in [-0.4, -0.2) is 6.04 Å². The number of anilines is 1. The first-order valence-corrected chi connectivity index (χ1v) is 5.78. The van der Waals surface area contributed by atoms with Gasteiger partial charge in [-0.3, -0.25) is 0 Å². The second-order valence-electron chi connectivity index (χ2n) is 4.48. The fourth-order valence-corrected chi connectivity index (χ4v) is 1.84. The molecule has 0 saturated carbocycles. The number of furan rings is 1. The molecule has 3 heteroatoms. The summed E-state index contributed by atoms with van der Waals surface area (Å²) in [5.41, 5.74) is 1.81. The van der Waals surface area contributed by atoms with Crippen LogP contribution in [0.2, 0.25) is 0 Å². The lowest BCUT2D eigenvalue weighted by atomic mass is 10.2. The molecule has 0 radical (unpaired) electrons. The van der Waals surface area contributed by atoms with E-state index in [1.165, 1.54) is 0 Å². The van der Waals surface area contributed by atoms with Crippen molar-refractivity contribution in [2.24, 2.45) is 0 Å². The van der Waals surface area contributed by atoms with E-state index in [-0.39, 0.29) is 0 Å². The van der Waals surface area contributed by atoms with Gasteiger partial charge < -0.3 is 15.1 Å². The van der Waals surface area contributed by atoms with Gasteiger partial charge in [0.15, 0.2) is 5.58 Å². The summed E-state index contributed by atoms with van der Waals surface area (Å²) in [6, 6.07) is 8.41. The highest BCUT2D eigenvalue weighted by Crippen LogP contribution is 2.26. The Morgan fingerprint density at radius 3 is 2.82 bits per heavy atom. The molecule has 0 aliphatic rings. The van der Waals surface area contributed by atoms with E-state index in [1.54, 1.807) is 0 Å². The Bertz CT molecular complexity index is 540. The second kappa shape index (κ2) is 4.53. The van der Waals surface area contributed by atoms with Crippen LogP contribution in [0, 0.1) is 6.92 Å². The first-order valence-electron chi connectivity index (χ1n) is 5.78. The smallest absolute Gasteiger partial charge is 0.157 e. The molecular formula is C14H18N2O. The summed E-state index contributed by atoms with van der Waals surface area (Å²) in [7, 11) is 0. The van der Waals surface area contributed by atoms with Crippen LogP contribution in [-0.2, 0) is 0 Å². The molecule has 0 aliphatic heterocycles. The number of hydrogen-bond acceptors (Lipinski definition) is 3. The summed E-state index contributed by atoms with van der Waals surface area (Å²) < 4.78 is 5.67. The fraction of sp³-hybridized carbons (Fsp3) is 0.286. The van der Waals surface area contributed by atoms with Gasteiger partial charge in [0.05, 0.1) is 11.5 Å². The molecule has 17 heavy (non-hydrogen) atoms. The maximum Gasteiger partial charge on any atom is 0.157 e. The third-order valence-electron chi connectivity index (χ3n) is 2.42. The van der Waals surface area contributed by atoms with E-state index in [2.05, 4.69) is 31.1 Å². The highest BCUT2D eigenvalue weighted by molar-refractivity contribution is 5.90. The molecule has 2 N–H and O–H groups in total. The van der Waals surface area contributed by atoms with Crippen LogP contribution in [0.3, 0.4) is 0 Å². The third kappa shape index (κ3) is 2.61. The number of rotatable bonds is 4. The highest BCUT2D eigenvalue weighted by Gasteiger charge is 2.06. The number of aryl methyl sites for hydroxylation is 1. The van der Waals surface area contributed by atoms with Gasteiger partial charge >= 0.3 is 0 Å². The zero-order valence-electron chi connectivity index (χ0n) is 10.5. The first kappa shape index (κ1) is 11.6. The number of hydrogen-bond donors (Lipinski definition) is 2. The second-order valence-corrected chi connectivity index (χ2v) is 4.48. The van der Waals surface area contributed by atoms with Gasteiger partial charge in [-0.1, -0.05) is 18.7 Å². The maximum absolute atomic E-state index is 5.67. The van der Waals surface area contributed by atoms with Crippen LogP contribution in [0.4, 0.5) is 5.69 Å². The van der Waals surface area contributed by atoms with Crippen LogP contribution in [0.25, 0.3) is 11.0 Å². The summed E-state index contributed by atoms with van der Waals surface area (Å²) in [5, 5.41) is 7.55. The van der Waals surface area contributed by atoms with E-state index in [0.29, 0.717) is 6.04 Å². The topological polar surface area (TPSA) is 37.2 Å². The van der Waals surface area contributed by atoms with Gasteiger partial charge in [-0.2, -0.15) is 0 Å². The lowest BCUT2D eigenvalue weighted by Crippen LogP contribution is -2.25. The van der Waals surface area contributed by atoms with E-state index in [0.717, 1.165) is 28.2 Å². The summed E-state index contributed by atoms with van der Waals surface area (Å²) in [5.74, 6) is 1.69. The zero-order valence-corrected chi connectivity index (χ0v) is 10.5. The van der Waals surface area contributed by atoms with Crippen LogP contribution < -0.4 is 10.6 Å². The van der Waals surface area contributed by atoms with Crippen molar-refractivity contribution >= 4 is 16.7 Å². The molecule has 1 aromatic heterocycles. The van der Waals surface area contributed by atoms with Crippen LogP contribution in [0.1, 0.15) is 19.6 Å². The van der Waals surface area contributed by atoms with E-state index in [4.69, 9.17) is 4.42 Å². The van der Waals surface area contributed by atoms with Gasteiger partial charge in [0, 0.05) is 11.4 Å². The minimum Gasteiger partial charge on any atom is -0.459 e. The third-order valence-corrected chi connectivity index (χ3v) is 2.42. The minimum absolute atomic E-state index is 0.354.